The number of aromatic nitrogens is 4. The van der Waals surface area contributed by atoms with Gasteiger partial charge in [0, 0.05) is 19.3 Å². The Hall–Kier alpha value is -2.67. The van der Waals surface area contributed by atoms with Crippen LogP contribution in [0.5, 0.6) is 0 Å². The number of rotatable bonds is 12. The van der Waals surface area contributed by atoms with E-state index in [1.165, 1.54) is 22.7 Å². The van der Waals surface area contributed by atoms with Crippen LogP contribution >= 0.6 is 22.7 Å². The summed E-state index contributed by atoms with van der Waals surface area (Å²) in [4.78, 5) is 36.7. The first-order valence-corrected chi connectivity index (χ1v) is 13.7. The predicted octanol–water partition coefficient (Wildman–Crippen LogP) is 4.43. The third-order valence-electron chi connectivity index (χ3n) is 4.66. The van der Waals surface area contributed by atoms with Gasteiger partial charge >= 0.3 is 6.09 Å². The normalized spacial score (nSPS) is 12.5. The minimum absolute atomic E-state index is 0.0489. The number of carbonyl (C=O) groups excluding carboxylic acids is 3. The molecule has 0 saturated carbocycles. The summed E-state index contributed by atoms with van der Waals surface area (Å²) in [7, 11) is 0. The number of ether oxygens (including phenoxy) is 1. The third-order valence-corrected chi connectivity index (χ3v) is 6.45. The van der Waals surface area contributed by atoms with Gasteiger partial charge in [-0.2, -0.15) is 0 Å². The fourth-order valence-corrected chi connectivity index (χ4v) is 4.64. The van der Waals surface area contributed by atoms with Crippen LogP contribution in [-0.4, -0.2) is 49.9 Å². The highest BCUT2D eigenvalue weighted by molar-refractivity contribution is 7.15. The first-order valence-electron chi connectivity index (χ1n) is 12.1. The summed E-state index contributed by atoms with van der Waals surface area (Å²) in [6.45, 7) is 13.0. The maximum absolute atomic E-state index is 12.7. The molecular formula is C23H37N7O4S2. The average Bonchev–Trinajstić information content (AvgIpc) is 3.36. The van der Waals surface area contributed by atoms with Crippen molar-refractivity contribution in [3.8, 4) is 0 Å². The standard InChI is InChI=1S/C23H37N7O4S2/c1-13(2)12-15(31)24-20-29-27-16(35-20)10-8-9-11-17-28-30-21(36-17)26-19(32)18(14(3)4)25-22(33)34-23(5,6)7/h13-14,18H,8-12H2,1-7H3,(H,25,33)(H,24,29,31)(H,26,30,32). The maximum atomic E-state index is 12.7. The number of nitrogens with zero attached hydrogens (tertiary/aromatic N) is 4. The Labute approximate surface area is 220 Å². The minimum Gasteiger partial charge on any atom is -0.444 e. The van der Waals surface area contributed by atoms with Crippen LogP contribution in [0.15, 0.2) is 0 Å². The van der Waals surface area contributed by atoms with Crippen molar-refractivity contribution in [1.29, 1.82) is 0 Å². The maximum Gasteiger partial charge on any atom is 0.408 e. The van der Waals surface area contributed by atoms with Gasteiger partial charge in [-0.25, -0.2) is 4.79 Å². The number of anilines is 2. The van der Waals surface area contributed by atoms with Crippen molar-refractivity contribution in [2.24, 2.45) is 11.8 Å². The molecule has 0 saturated heterocycles. The molecule has 0 radical (unpaired) electrons. The zero-order chi connectivity index (χ0) is 26.9. The van der Waals surface area contributed by atoms with E-state index < -0.39 is 17.7 Å². The highest BCUT2D eigenvalue weighted by Gasteiger charge is 2.27. The van der Waals surface area contributed by atoms with Crippen molar-refractivity contribution in [3.63, 3.8) is 0 Å². The van der Waals surface area contributed by atoms with Crippen molar-refractivity contribution in [1.82, 2.24) is 25.7 Å². The van der Waals surface area contributed by atoms with E-state index in [0.717, 1.165) is 29.3 Å². The van der Waals surface area contributed by atoms with Gasteiger partial charge < -0.3 is 15.4 Å². The van der Waals surface area contributed by atoms with E-state index in [9.17, 15) is 14.4 Å². The van der Waals surface area contributed by atoms with Crippen LogP contribution in [0.2, 0.25) is 0 Å². The molecule has 2 rings (SSSR count). The van der Waals surface area contributed by atoms with Gasteiger partial charge in [0.2, 0.25) is 22.1 Å². The van der Waals surface area contributed by atoms with Gasteiger partial charge in [-0.1, -0.05) is 50.4 Å². The molecule has 0 aliphatic heterocycles. The van der Waals surface area contributed by atoms with E-state index in [1.54, 1.807) is 20.8 Å². The van der Waals surface area contributed by atoms with Crippen molar-refractivity contribution in [3.05, 3.63) is 10.0 Å². The predicted molar refractivity (Wildman–Crippen MR) is 141 cm³/mol. The lowest BCUT2D eigenvalue weighted by molar-refractivity contribution is -0.119. The van der Waals surface area contributed by atoms with Crippen LogP contribution < -0.4 is 16.0 Å². The molecule has 0 aromatic carbocycles. The molecule has 0 bridgehead atoms. The van der Waals surface area contributed by atoms with Gasteiger partial charge in [0.05, 0.1) is 0 Å². The summed E-state index contributed by atoms with van der Waals surface area (Å²) in [6.07, 6.45) is 3.03. The molecule has 2 aromatic rings. The minimum atomic E-state index is -0.765. The van der Waals surface area contributed by atoms with E-state index in [0.29, 0.717) is 23.1 Å². The smallest absolute Gasteiger partial charge is 0.408 e. The Morgan fingerprint density at radius 1 is 0.861 bits per heavy atom. The lowest BCUT2D eigenvalue weighted by Crippen LogP contribution is -2.48. The third kappa shape index (κ3) is 10.9. The first kappa shape index (κ1) is 29.6. The molecule has 0 aliphatic carbocycles. The Morgan fingerprint density at radius 2 is 1.39 bits per heavy atom. The molecule has 0 fully saturated rings. The first-order chi connectivity index (χ1) is 16.8. The summed E-state index contributed by atoms with van der Waals surface area (Å²) in [5.41, 5.74) is -0.655. The number of alkyl carbamates (subject to hydrolysis) is 1. The van der Waals surface area contributed by atoms with Crippen LogP contribution in [0.4, 0.5) is 15.1 Å². The molecule has 200 valence electrons. The SMILES string of the molecule is CC(C)CC(=O)Nc1nnc(CCCCc2nnc(NC(=O)C(NC(=O)OC(C)(C)C)C(C)C)s2)s1. The zero-order valence-electron chi connectivity index (χ0n) is 22.0. The summed E-state index contributed by atoms with van der Waals surface area (Å²) in [5, 5.41) is 27.1. The number of unbranched alkanes of at least 4 members (excludes halogenated alkanes) is 1. The van der Waals surface area contributed by atoms with Crippen molar-refractivity contribution >= 4 is 50.8 Å². The van der Waals surface area contributed by atoms with Crippen LogP contribution in [0.25, 0.3) is 0 Å². The van der Waals surface area contributed by atoms with E-state index in [4.69, 9.17) is 4.74 Å². The Bertz CT molecular complexity index is 1010. The summed E-state index contributed by atoms with van der Waals surface area (Å²) in [5.74, 6) is -0.273. The van der Waals surface area contributed by atoms with Crippen molar-refractivity contribution in [2.45, 2.75) is 92.2 Å². The molecule has 1 unspecified atom stereocenters. The van der Waals surface area contributed by atoms with Crippen LogP contribution in [0, 0.1) is 11.8 Å². The van der Waals surface area contributed by atoms with Gasteiger partial charge in [0.15, 0.2) is 0 Å². The second-order valence-corrected chi connectivity index (χ2v) is 12.3. The van der Waals surface area contributed by atoms with Gasteiger partial charge in [0.1, 0.15) is 21.7 Å². The Balaban J connectivity index is 1.77. The van der Waals surface area contributed by atoms with Crippen molar-refractivity contribution in [2.75, 3.05) is 10.6 Å². The molecule has 2 aromatic heterocycles. The molecule has 3 N–H and O–H groups in total. The fraction of sp³-hybridized carbons (Fsp3) is 0.696. The van der Waals surface area contributed by atoms with E-state index in [-0.39, 0.29) is 23.7 Å². The highest BCUT2D eigenvalue weighted by Crippen LogP contribution is 2.21. The quantitative estimate of drug-likeness (QED) is 0.336. The summed E-state index contributed by atoms with van der Waals surface area (Å²) >= 11 is 2.70. The van der Waals surface area contributed by atoms with E-state index in [2.05, 4.69) is 36.3 Å². The van der Waals surface area contributed by atoms with Crippen LogP contribution in [0.1, 0.15) is 77.7 Å². The number of hydrogen-bond acceptors (Lipinski definition) is 10. The molecule has 11 nitrogen and oxygen atoms in total. The zero-order valence-corrected chi connectivity index (χ0v) is 23.6. The molecule has 13 heteroatoms. The molecular weight excluding hydrogens is 502 g/mol. The monoisotopic (exact) mass is 539 g/mol. The number of hydrogen-bond donors (Lipinski definition) is 3. The topological polar surface area (TPSA) is 148 Å². The highest BCUT2D eigenvalue weighted by atomic mass is 32.1. The fourth-order valence-electron chi connectivity index (χ4n) is 3.06. The van der Waals surface area contributed by atoms with Crippen molar-refractivity contribution < 1.29 is 19.1 Å². The largest absolute Gasteiger partial charge is 0.444 e. The number of nitrogens with one attached hydrogen (secondary N) is 3. The summed E-state index contributed by atoms with van der Waals surface area (Å²) < 4.78 is 5.26. The number of aryl methyl sites for hydroxylation is 2. The Kier molecular flexibility index (Phi) is 11.2. The molecule has 1 atom stereocenters. The van der Waals surface area contributed by atoms with Crippen LogP contribution in [0.3, 0.4) is 0 Å². The van der Waals surface area contributed by atoms with E-state index >= 15 is 0 Å². The molecule has 36 heavy (non-hydrogen) atoms. The second kappa shape index (κ2) is 13.6. The molecule has 3 amide bonds. The second-order valence-electron chi connectivity index (χ2n) is 10.2. The molecule has 0 spiro atoms. The Morgan fingerprint density at radius 3 is 1.86 bits per heavy atom. The average molecular weight is 540 g/mol. The lowest BCUT2D eigenvalue weighted by Gasteiger charge is -2.24. The van der Waals surface area contributed by atoms with Gasteiger partial charge in [-0.3, -0.25) is 14.9 Å². The van der Waals surface area contributed by atoms with Crippen LogP contribution in [-0.2, 0) is 27.2 Å². The van der Waals surface area contributed by atoms with Gasteiger partial charge in [-0.05, 0) is 45.4 Å². The number of carbonyl (C=O) groups is 3. The summed E-state index contributed by atoms with van der Waals surface area (Å²) in [6, 6.07) is -0.765. The number of amides is 3. The van der Waals surface area contributed by atoms with Gasteiger partial charge in [0.25, 0.3) is 0 Å². The molecule has 2 heterocycles. The lowest BCUT2D eigenvalue weighted by atomic mass is 10.0. The van der Waals surface area contributed by atoms with E-state index in [1.807, 2.05) is 27.7 Å². The molecule has 0 aliphatic rings. The van der Waals surface area contributed by atoms with Gasteiger partial charge in [-0.15, -0.1) is 20.4 Å².